The van der Waals surface area contributed by atoms with Crippen LogP contribution in [0.1, 0.15) is 18.1 Å². The van der Waals surface area contributed by atoms with Gasteiger partial charge in [-0.3, -0.25) is 4.79 Å². The van der Waals surface area contributed by atoms with Crippen LogP contribution in [0.2, 0.25) is 0 Å². The molecule has 0 saturated carbocycles. The molecule has 2 aromatic carbocycles. The van der Waals surface area contributed by atoms with Gasteiger partial charge in [0, 0.05) is 21.2 Å². The zero-order chi connectivity index (χ0) is 16.8. The molecular formula is C18H16BrClO2S. The molecule has 0 aliphatic carbocycles. The fourth-order valence-corrected chi connectivity index (χ4v) is 3.25. The third-order valence-corrected chi connectivity index (χ3v) is 5.17. The van der Waals surface area contributed by atoms with Crippen molar-refractivity contribution in [2.45, 2.75) is 18.7 Å². The minimum atomic E-state index is -0.327. The van der Waals surface area contributed by atoms with Crippen molar-refractivity contribution >= 4 is 50.3 Å². The maximum atomic E-state index is 11.1. The molecule has 23 heavy (non-hydrogen) atoms. The number of benzene rings is 2. The van der Waals surface area contributed by atoms with Crippen LogP contribution in [0.25, 0.3) is 5.03 Å². The van der Waals surface area contributed by atoms with Crippen LogP contribution in [0.4, 0.5) is 0 Å². The van der Waals surface area contributed by atoms with Gasteiger partial charge in [0.15, 0.2) is 0 Å². The van der Waals surface area contributed by atoms with E-state index in [2.05, 4.69) is 15.9 Å². The second-order valence-electron chi connectivity index (χ2n) is 4.94. The molecule has 120 valence electrons. The van der Waals surface area contributed by atoms with Crippen LogP contribution in [0.3, 0.4) is 0 Å². The first-order valence-electron chi connectivity index (χ1n) is 6.98. The lowest BCUT2D eigenvalue weighted by molar-refractivity contribution is -0.139. The number of ether oxygens (including phenoxy) is 1. The summed E-state index contributed by atoms with van der Waals surface area (Å²) in [5.74, 6) is -0.327. The monoisotopic (exact) mass is 410 g/mol. The number of rotatable bonds is 5. The fourth-order valence-electron chi connectivity index (χ4n) is 1.81. The minimum absolute atomic E-state index is 0.156. The van der Waals surface area contributed by atoms with E-state index in [1.165, 1.54) is 24.2 Å². The Kier molecular flexibility index (Phi) is 6.75. The molecule has 0 unspecified atom stereocenters. The van der Waals surface area contributed by atoms with E-state index >= 15 is 0 Å². The lowest BCUT2D eigenvalue weighted by Gasteiger charge is -2.11. The second-order valence-corrected chi connectivity index (χ2v) is 7.40. The topological polar surface area (TPSA) is 26.3 Å². The van der Waals surface area contributed by atoms with Gasteiger partial charge in [0.1, 0.15) is 6.61 Å². The van der Waals surface area contributed by atoms with Gasteiger partial charge in [-0.1, -0.05) is 69.1 Å². The molecular weight excluding hydrogens is 396 g/mol. The van der Waals surface area contributed by atoms with Gasteiger partial charge < -0.3 is 4.74 Å². The van der Waals surface area contributed by atoms with Crippen LogP contribution in [-0.2, 0) is 9.53 Å². The van der Waals surface area contributed by atoms with E-state index in [1.54, 1.807) is 0 Å². The van der Waals surface area contributed by atoms with Crippen LogP contribution in [0.15, 0.2) is 62.8 Å². The van der Waals surface area contributed by atoms with Gasteiger partial charge in [0.05, 0.1) is 5.03 Å². The van der Waals surface area contributed by atoms with Gasteiger partial charge in [0.2, 0.25) is 0 Å². The van der Waals surface area contributed by atoms with Crippen molar-refractivity contribution in [3.8, 4) is 0 Å². The summed E-state index contributed by atoms with van der Waals surface area (Å²) in [4.78, 5) is 13.0. The zero-order valence-electron chi connectivity index (χ0n) is 12.8. The molecule has 0 heterocycles. The standard InChI is InChI=1S/C18H16BrClO2S/c1-12-3-9-16(10-4-12)23-17(11-22-13(2)21)18(20)14-5-7-15(19)8-6-14/h3-10H,11H2,1-2H3/b18-17+. The van der Waals surface area contributed by atoms with Crippen molar-refractivity contribution in [2.24, 2.45) is 0 Å². The predicted octanol–water partition coefficient (Wildman–Crippen LogP) is 6.02. The molecule has 0 aromatic heterocycles. The Morgan fingerprint density at radius 1 is 1.13 bits per heavy atom. The number of halogens is 2. The van der Waals surface area contributed by atoms with Gasteiger partial charge in [-0.2, -0.15) is 0 Å². The highest BCUT2D eigenvalue weighted by Gasteiger charge is 2.11. The first kappa shape index (κ1) is 18.1. The van der Waals surface area contributed by atoms with Crippen molar-refractivity contribution in [1.82, 2.24) is 0 Å². The Balaban J connectivity index is 2.31. The predicted molar refractivity (Wildman–Crippen MR) is 101 cm³/mol. The maximum Gasteiger partial charge on any atom is 0.302 e. The molecule has 0 atom stereocenters. The average molecular weight is 412 g/mol. The number of aryl methyl sites for hydroxylation is 1. The number of thioether (sulfide) groups is 1. The number of carbonyl (C=O) groups excluding carboxylic acids is 1. The minimum Gasteiger partial charge on any atom is -0.460 e. The maximum absolute atomic E-state index is 11.1. The summed E-state index contributed by atoms with van der Waals surface area (Å²) in [6, 6.07) is 15.8. The third kappa shape index (κ3) is 5.72. The number of esters is 1. The van der Waals surface area contributed by atoms with Crippen molar-refractivity contribution < 1.29 is 9.53 Å². The molecule has 2 aromatic rings. The Morgan fingerprint density at radius 2 is 1.74 bits per heavy atom. The van der Waals surface area contributed by atoms with Crippen molar-refractivity contribution in [1.29, 1.82) is 0 Å². The van der Waals surface area contributed by atoms with Gasteiger partial charge in [-0.15, -0.1) is 0 Å². The molecule has 2 nitrogen and oxygen atoms in total. The van der Waals surface area contributed by atoms with Crippen LogP contribution < -0.4 is 0 Å². The highest BCUT2D eigenvalue weighted by Crippen LogP contribution is 2.35. The molecule has 0 radical (unpaired) electrons. The smallest absolute Gasteiger partial charge is 0.302 e. The van der Waals surface area contributed by atoms with Gasteiger partial charge >= 0.3 is 5.97 Å². The van der Waals surface area contributed by atoms with Crippen LogP contribution in [0.5, 0.6) is 0 Å². The lowest BCUT2D eigenvalue weighted by Crippen LogP contribution is -2.02. The van der Waals surface area contributed by atoms with Crippen molar-refractivity contribution in [2.75, 3.05) is 6.61 Å². The zero-order valence-corrected chi connectivity index (χ0v) is 16.0. The van der Waals surface area contributed by atoms with Gasteiger partial charge in [0.25, 0.3) is 0 Å². The molecule has 0 fully saturated rings. The first-order valence-corrected chi connectivity index (χ1v) is 8.97. The Bertz CT molecular complexity index is 709. The van der Waals surface area contributed by atoms with Gasteiger partial charge in [-0.25, -0.2) is 0 Å². The van der Waals surface area contributed by atoms with E-state index in [4.69, 9.17) is 16.3 Å². The largest absolute Gasteiger partial charge is 0.460 e. The third-order valence-electron chi connectivity index (χ3n) is 3.01. The summed E-state index contributed by atoms with van der Waals surface area (Å²) in [6.07, 6.45) is 0. The van der Waals surface area contributed by atoms with E-state index in [-0.39, 0.29) is 12.6 Å². The van der Waals surface area contributed by atoms with Crippen molar-refractivity contribution in [3.05, 3.63) is 69.0 Å². The highest BCUT2D eigenvalue weighted by atomic mass is 79.9. The first-order chi connectivity index (χ1) is 11.0. The molecule has 0 aliphatic heterocycles. The van der Waals surface area contributed by atoms with Crippen LogP contribution in [0, 0.1) is 6.92 Å². The number of hydrogen-bond donors (Lipinski definition) is 0. The second kappa shape index (κ2) is 8.57. The normalized spacial score (nSPS) is 11.8. The number of carbonyl (C=O) groups is 1. The molecule has 5 heteroatoms. The highest BCUT2D eigenvalue weighted by molar-refractivity contribution is 9.10. The molecule has 2 rings (SSSR count). The summed E-state index contributed by atoms with van der Waals surface area (Å²) in [7, 11) is 0. The Labute approximate surface area is 154 Å². The van der Waals surface area contributed by atoms with E-state index in [0.29, 0.717) is 5.03 Å². The molecule has 0 N–H and O–H groups in total. The molecule has 0 amide bonds. The van der Waals surface area contributed by atoms with E-state index in [9.17, 15) is 4.79 Å². The Hall–Kier alpha value is -1.23. The van der Waals surface area contributed by atoms with Crippen LogP contribution >= 0.6 is 39.3 Å². The summed E-state index contributed by atoms with van der Waals surface area (Å²) in [5.41, 5.74) is 2.08. The summed E-state index contributed by atoms with van der Waals surface area (Å²) in [6.45, 7) is 3.59. The van der Waals surface area contributed by atoms with E-state index in [0.717, 1.165) is 19.8 Å². The molecule has 0 aliphatic rings. The average Bonchev–Trinajstić information content (AvgIpc) is 2.53. The quantitative estimate of drug-likeness (QED) is 0.444. The fraction of sp³-hybridized carbons (Fsp3) is 0.167. The summed E-state index contributed by atoms with van der Waals surface area (Å²) in [5, 5.41) is 0.587. The summed E-state index contributed by atoms with van der Waals surface area (Å²) >= 11 is 11.5. The van der Waals surface area contributed by atoms with Crippen LogP contribution in [-0.4, -0.2) is 12.6 Å². The lowest BCUT2D eigenvalue weighted by atomic mass is 10.2. The van der Waals surface area contributed by atoms with E-state index in [1.807, 2.05) is 55.5 Å². The Morgan fingerprint density at radius 3 is 2.30 bits per heavy atom. The number of hydrogen-bond acceptors (Lipinski definition) is 3. The van der Waals surface area contributed by atoms with Crippen molar-refractivity contribution in [3.63, 3.8) is 0 Å². The summed E-state index contributed by atoms with van der Waals surface area (Å²) < 4.78 is 6.14. The molecule has 0 spiro atoms. The SMILES string of the molecule is CC(=O)OC/C(Sc1ccc(C)cc1)=C(\Cl)c1ccc(Br)cc1. The van der Waals surface area contributed by atoms with E-state index < -0.39 is 0 Å². The molecule has 0 saturated heterocycles. The van der Waals surface area contributed by atoms with Gasteiger partial charge in [-0.05, 0) is 36.8 Å². The molecule has 0 bridgehead atoms.